The first kappa shape index (κ1) is 13.4. The number of rotatable bonds is 3. The molecule has 0 atom stereocenters. The van der Waals surface area contributed by atoms with Crippen molar-refractivity contribution in [3.05, 3.63) is 57.6 Å². The van der Waals surface area contributed by atoms with Crippen LogP contribution in [0.3, 0.4) is 0 Å². The summed E-state index contributed by atoms with van der Waals surface area (Å²) in [6.07, 6.45) is 0.664. The number of carbonyl (C=O) groups is 1. The predicted molar refractivity (Wildman–Crippen MR) is 73.1 cm³/mol. The quantitative estimate of drug-likeness (QED) is 0.784. The van der Waals surface area contributed by atoms with Crippen LogP contribution in [0.5, 0.6) is 11.5 Å². The average Bonchev–Trinajstić information content (AvgIpc) is 2.44. The number of aldehydes is 1. The highest BCUT2D eigenvalue weighted by Gasteiger charge is 2.10. The molecule has 94 valence electrons. The van der Waals surface area contributed by atoms with Gasteiger partial charge in [0.2, 0.25) is 0 Å². The van der Waals surface area contributed by atoms with Crippen molar-refractivity contribution in [1.29, 1.82) is 5.26 Å². The van der Waals surface area contributed by atoms with Crippen molar-refractivity contribution in [3.63, 3.8) is 0 Å². The standard InChI is InChI=1S/C14H7Cl2NO2/c15-11-2-1-3-13(14(11)16)19-12-5-4-9(8-18)6-10(12)7-17/h1-6,8H. The Labute approximate surface area is 119 Å². The molecule has 0 fully saturated rings. The molecule has 0 aliphatic heterocycles. The molecule has 5 heteroatoms. The molecule has 0 radical (unpaired) electrons. The molecule has 2 aromatic rings. The third-order valence-electron chi connectivity index (χ3n) is 2.40. The fraction of sp³-hybridized carbons (Fsp3) is 0. The Kier molecular flexibility index (Phi) is 4.06. The van der Waals surface area contributed by atoms with E-state index in [1.54, 1.807) is 30.3 Å². The monoisotopic (exact) mass is 291 g/mol. The van der Waals surface area contributed by atoms with Gasteiger partial charge in [0, 0.05) is 5.56 Å². The van der Waals surface area contributed by atoms with Gasteiger partial charge in [-0.25, -0.2) is 0 Å². The van der Waals surface area contributed by atoms with Gasteiger partial charge in [0.25, 0.3) is 0 Å². The molecule has 0 N–H and O–H groups in total. The lowest BCUT2D eigenvalue weighted by molar-refractivity contribution is 0.112. The Morgan fingerprint density at radius 3 is 2.63 bits per heavy atom. The second-order valence-electron chi connectivity index (χ2n) is 3.64. The van der Waals surface area contributed by atoms with Crippen LogP contribution in [0.1, 0.15) is 15.9 Å². The van der Waals surface area contributed by atoms with E-state index in [4.69, 9.17) is 33.2 Å². The zero-order valence-electron chi connectivity index (χ0n) is 9.56. The number of halogens is 2. The van der Waals surface area contributed by atoms with E-state index in [1.807, 2.05) is 6.07 Å². The first-order valence-electron chi connectivity index (χ1n) is 5.27. The van der Waals surface area contributed by atoms with Crippen molar-refractivity contribution in [2.24, 2.45) is 0 Å². The van der Waals surface area contributed by atoms with E-state index >= 15 is 0 Å². The Bertz CT molecular complexity index is 678. The highest BCUT2D eigenvalue weighted by atomic mass is 35.5. The van der Waals surface area contributed by atoms with Gasteiger partial charge in [0.15, 0.2) is 0 Å². The van der Waals surface area contributed by atoms with Crippen LogP contribution in [0, 0.1) is 11.3 Å². The summed E-state index contributed by atoms with van der Waals surface area (Å²) >= 11 is 11.9. The molecule has 2 aromatic carbocycles. The molecule has 0 aromatic heterocycles. The van der Waals surface area contributed by atoms with Crippen LogP contribution < -0.4 is 4.74 Å². The van der Waals surface area contributed by atoms with Crippen molar-refractivity contribution in [2.45, 2.75) is 0 Å². The molecule has 0 aliphatic rings. The number of carbonyl (C=O) groups excluding carboxylic acids is 1. The Balaban J connectivity index is 2.41. The molecule has 0 saturated heterocycles. The summed E-state index contributed by atoms with van der Waals surface area (Å²) in [4.78, 5) is 10.7. The number of nitrogens with zero attached hydrogens (tertiary/aromatic N) is 1. The van der Waals surface area contributed by atoms with E-state index in [2.05, 4.69) is 0 Å². The van der Waals surface area contributed by atoms with Crippen molar-refractivity contribution < 1.29 is 9.53 Å². The van der Waals surface area contributed by atoms with Gasteiger partial charge in [-0.15, -0.1) is 0 Å². The normalized spacial score (nSPS) is 9.74. The molecule has 3 nitrogen and oxygen atoms in total. The van der Waals surface area contributed by atoms with Crippen LogP contribution in [0.25, 0.3) is 0 Å². The highest BCUT2D eigenvalue weighted by Crippen LogP contribution is 2.35. The minimum atomic E-state index is 0.251. The molecule has 0 amide bonds. The van der Waals surface area contributed by atoms with Crippen LogP contribution in [-0.4, -0.2) is 6.29 Å². The summed E-state index contributed by atoms with van der Waals surface area (Å²) in [7, 11) is 0. The maximum atomic E-state index is 10.7. The Hall–Kier alpha value is -2.02. The molecule has 0 unspecified atom stereocenters. The van der Waals surface area contributed by atoms with E-state index in [0.717, 1.165) is 0 Å². The largest absolute Gasteiger partial charge is 0.454 e. The lowest BCUT2D eigenvalue weighted by Gasteiger charge is -2.09. The van der Waals surface area contributed by atoms with Gasteiger partial charge >= 0.3 is 0 Å². The second kappa shape index (κ2) is 5.75. The van der Waals surface area contributed by atoms with Gasteiger partial charge in [-0.2, -0.15) is 5.26 Å². The maximum Gasteiger partial charge on any atom is 0.150 e. The number of benzene rings is 2. The number of nitriles is 1. The first-order chi connectivity index (χ1) is 9.15. The van der Waals surface area contributed by atoms with Crippen molar-refractivity contribution in [1.82, 2.24) is 0 Å². The van der Waals surface area contributed by atoms with Crippen LogP contribution >= 0.6 is 23.2 Å². The molecule has 0 heterocycles. The smallest absolute Gasteiger partial charge is 0.150 e. The lowest BCUT2D eigenvalue weighted by atomic mass is 10.1. The van der Waals surface area contributed by atoms with Crippen LogP contribution in [0.2, 0.25) is 10.0 Å². The van der Waals surface area contributed by atoms with E-state index < -0.39 is 0 Å². The molecular weight excluding hydrogens is 285 g/mol. The predicted octanol–water partition coefficient (Wildman–Crippen LogP) is 4.47. The Morgan fingerprint density at radius 2 is 1.95 bits per heavy atom. The Morgan fingerprint density at radius 1 is 1.16 bits per heavy atom. The zero-order chi connectivity index (χ0) is 13.8. The summed E-state index contributed by atoms with van der Waals surface area (Å²) in [5, 5.41) is 9.67. The summed E-state index contributed by atoms with van der Waals surface area (Å²) in [6.45, 7) is 0. The topological polar surface area (TPSA) is 50.1 Å². The van der Waals surface area contributed by atoms with E-state index in [0.29, 0.717) is 28.4 Å². The summed E-state index contributed by atoms with van der Waals surface area (Å²) in [6, 6.07) is 11.5. The van der Waals surface area contributed by atoms with Crippen LogP contribution in [0.15, 0.2) is 36.4 Å². The molecule has 19 heavy (non-hydrogen) atoms. The van der Waals surface area contributed by atoms with Gasteiger partial charge < -0.3 is 4.74 Å². The summed E-state index contributed by atoms with van der Waals surface area (Å²) in [5.41, 5.74) is 0.654. The van der Waals surface area contributed by atoms with Crippen molar-refractivity contribution in [3.8, 4) is 17.6 Å². The minimum absolute atomic E-state index is 0.251. The molecular formula is C14H7Cl2NO2. The fourth-order valence-corrected chi connectivity index (χ4v) is 1.81. The van der Waals surface area contributed by atoms with Crippen molar-refractivity contribution >= 4 is 29.5 Å². The number of ether oxygens (including phenoxy) is 1. The van der Waals surface area contributed by atoms with Gasteiger partial charge in [-0.3, -0.25) is 4.79 Å². The van der Waals surface area contributed by atoms with E-state index in [-0.39, 0.29) is 10.6 Å². The second-order valence-corrected chi connectivity index (χ2v) is 4.42. The fourth-order valence-electron chi connectivity index (χ4n) is 1.48. The maximum absolute atomic E-state index is 10.7. The zero-order valence-corrected chi connectivity index (χ0v) is 11.1. The van der Waals surface area contributed by atoms with E-state index in [1.165, 1.54) is 6.07 Å². The van der Waals surface area contributed by atoms with Gasteiger partial charge in [0.1, 0.15) is 28.9 Å². The third-order valence-corrected chi connectivity index (χ3v) is 3.20. The van der Waals surface area contributed by atoms with Crippen molar-refractivity contribution in [2.75, 3.05) is 0 Å². The highest BCUT2D eigenvalue weighted by molar-refractivity contribution is 6.42. The third kappa shape index (κ3) is 2.87. The SMILES string of the molecule is N#Cc1cc(C=O)ccc1Oc1cccc(Cl)c1Cl. The average molecular weight is 292 g/mol. The molecule has 0 saturated carbocycles. The summed E-state index contributed by atoms with van der Waals surface area (Å²) < 4.78 is 5.56. The summed E-state index contributed by atoms with van der Waals surface area (Å²) in [5.74, 6) is 0.668. The minimum Gasteiger partial charge on any atom is -0.454 e. The van der Waals surface area contributed by atoms with Gasteiger partial charge in [-0.05, 0) is 30.3 Å². The van der Waals surface area contributed by atoms with Gasteiger partial charge in [0.05, 0.1) is 10.6 Å². The lowest BCUT2D eigenvalue weighted by Crippen LogP contribution is -1.91. The molecule has 0 aliphatic carbocycles. The number of hydrogen-bond donors (Lipinski definition) is 0. The van der Waals surface area contributed by atoms with Gasteiger partial charge in [-0.1, -0.05) is 29.3 Å². The van der Waals surface area contributed by atoms with Crippen LogP contribution in [-0.2, 0) is 0 Å². The molecule has 0 bridgehead atoms. The number of hydrogen-bond acceptors (Lipinski definition) is 3. The molecule has 0 spiro atoms. The van der Waals surface area contributed by atoms with E-state index in [9.17, 15) is 4.79 Å². The van der Waals surface area contributed by atoms with Crippen LogP contribution in [0.4, 0.5) is 0 Å². The molecule has 2 rings (SSSR count). The first-order valence-corrected chi connectivity index (χ1v) is 6.02.